The molecule has 1 aliphatic heterocycles. The lowest BCUT2D eigenvalue weighted by Gasteiger charge is -2.21. The van der Waals surface area contributed by atoms with E-state index in [4.69, 9.17) is 4.74 Å². The van der Waals surface area contributed by atoms with E-state index in [9.17, 15) is 4.79 Å². The highest BCUT2D eigenvalue weighted by molar-refractivity contribution is 5.90. The average molecular weight is 313 g/mol. The Morgan fingerprint density at radius 1 is 1.29 bits per heavy atom. The molecule has 0 aliphatic carbocycles. The number of ether oxygens (including phenoxy) is 1. The molecular formula is C16H25ClN2O2. The van der Waals surface area contributed by atoms with Gasteiger partial charge in [0.2, 0.25) is 5.91 Å². The van der Waals surface area contributed by atoms with Crippen LogP contribution in [0.3, 0.4) is 0 Å². The number of carbonyl (C=O) groups excluding carboxylic acids is 1. The highest BCUT2D eigenvalue weighted by atomic mass is 35.5. The lowest BCUT2D eigenvalue weighted by Crippen LogP contribution is -2.30. The predicted molar refractivity (Wildman–Crippen MR) is 88.3 cm³/mol. The second-order valence-electron chi connectivity index (χ2n) is 5.32. The SMILES string of the molecule is CCCOc1ccc(NC(=O)CC2CCNCC2)cc1.Cl. The van der Waals surface area contributed by atoms with Gasteiger partial charge >= 0.3 is 0 Å². The van der Waals surface area contributed by atoms with Crippen LogP contribution in [-0.2, 0) is 4.79 Å². The summed E-state index contributed by atoms with van der Waals surface area (Å²) in [4.78, 5) is 12.0. The van der Waals surface area contributed by atoms with E-state index in [1.165, 1.54) is 0 Å². The summed E-state index contributed by atoms with van der Waals surface area (Å²) < 4.78 is 5.52. The Balaban J connectivity index is 0.00000220. The quantitative estimate of drug-likeness (QED) is 0.848. The van der Waals surface area contributed by atoms with Crippen LogP contribution in [0.2, 0.25) is 0 Å². The van der Waals surface area contributed by atoms with Crippen molar-refractivity contribution in [1.29, 1.82) is 0 Å². The molecule has 0 bridgehead atoms. The molecule has 21 heavy (non-hydrogen) atoms. The number of benzene rings is 1. The van der Waals surface area contributed by atoms with Gasteiger partial charge in [0.05, 0.1) is 6.61 Å². The van der Waals surface area contributed by atoms with Crippen LogP contribution in [0.25, 0.3) is 0 Å². The molecule has 1 saturated heterocycles. The molecule has 1 aromatic rings. The van der Waals surface area contributed by atoms with Gasteiger partial charge in [-0.05, 0) is 62.5 Å². The van der Waals surface area contributed by atoms with Gasteiger partial charge in [-0.25, -0.2) is 0 Å². The van der Waals surface area contributed by atoms with Crippen LogP contribution in [0.4, 0.5) is 5.69 Å². The summed E-state index contributed by atoms with van der Waals surface area (Å²) in [7, 11) is 0. The Morgan fingerprint density at radius 2 is 1.95 bits per heavy atom. The fourth-order valence-corrected chi connectivity index (χ4v) is 2.41. The molecule has 0 aromatic heterocycles. The Labute approximate surface area is 133 Å². The third-order valence-electron chi connectivity index (χ3n) is 3.54. The summed E-state index contributed by atoms with van der Waals surface area (Å²) in [5.74, 6) is 1.48. The second kappa shape index (κ2) is 9.64. The molecule has 0 radical (unpaired) electrons. The maximum atomic E-state index is 12.0. The van der Waals surface area contributed by atoms with Crippen molar-refractivity contribution in [2.75, 3.05) is 25.0 Å². The Bertz CT molecular complexity index is 417. The van der Waals surface area contributed by atoms with Crippen molar-refractivity contribution in [3.63, 3.8) is 0 Å². The van der Waals surface area contributed by atoms with Crippen LogP contribution in [0, 0.1) is 5.92 Å². The maximum Gasteiger partial charge on any atom is 0.224 e. The van der Waals surface area contributed by atoms with E-state index in [1.807, 2.05) is 24.3 Å². The zero-order valence-electron chi connectivity index (χ0n) is 12.6. The molecular weight excluding hydrogens is 288 g/mol. The van der Waals surface area contributed by atoms with Gasteiger partial charge in [0.25, 0.3) is 0 Å². The Kier molecular flexibility index (Phi) is 8.16. The molecule has 2 rings (SSSR count). The first-order chi connectivity index (χ1) is 9.78. The van der Waals surface area contributed by atoms with Gasteiger partial charge in [0, 0.05) is 12.1 Å². The summed E-state index contributed by atoms with van der Waals surface area (Å²) in [6, 6.07) is 7.59. The molecule has 1 aromatic carbocycles. The first-order valence-electron chi connectivity index (χ1n) is 7.51. The first kappa shape index (κ1) is 17.8. The Hall–Kier alpha value is -1.26. The molecule has 4 nitrogen and oxygen atoms in total. The van der Waals surface area contributed by atoms with Gasteiger partial charge in [-0.1, -0.05) is 6.92 Å². The topological polar surface area (TPSA) is 50.4 Å². The van der Waals surface area contributed by atoms with Crippen LogP contribution >= 0.6 is 12.4 Å². The summed E-state index contributed by atoms with van der Waals surface area (Å²) in [6.07, 6.45) is 3.80. The van der Waals surface area contributed by atoms with Crippen LogP contribution in [0.15, 0.2) is 24.3 Å². The summed E-state index contributed by atoms with van der Waals surface area (Å²) in [6.45, 7) is 4.86. The number of anilines is 1. The van der Waals surface area contributed by atoms with Crippen molar-refractivity contribution in [3.05, 3.63) is 24.3 Å². The Morgan fingerprint density at radius 3 is 2.57 bits per heavy atom. The zero-order valence-corrected chi connectivity index (χ0v) is 13.4. The highest BCUT2D eigenvalue weighted by Crippen LogP contribution is 2.19. The number of hydrogen-bond donors (Lipinski definition) is 2. The van der Waals surface area contributed by atoms with E-state index in [0.717, 1.165) is 50.4 Å². The molecule has 1 aliphatic rings. The van der Waals surface area contributed by atoms with Gasteiger partial charge in [-0.2, -0.15) is 0 Å². The monoisotopic (exact) mass is 312 g/mol. The van der Waals surface area contributed by atoms with Gasteiger partial charge < -0.3 is 15.4 Å². The number of rotatable bonds is 6. The zero-order chi connectivity index (χ0) is 14.2. The fourth-order valence-electron chi connectivity index (χ4n) is 2.41. The van der Waals surface area contributed by atoms with Crippen LogP contribution in [-0.4, -0.2) is 25.6 Å². The highest BCUT2D eigenvalue weighted by Gasteiger charge is 2.16. The fraction of sp³-hybridized carbons (Fsp3) is 0.562. The molecule has 1 heterocycles. The van der Waals surface area contributed by atoms with Crippen LogP contribution in [0.1, 0.15) is 32.6 Å². The van der Waals surface area contributed by atoms with Gasteiger partial charge in [-0.3, -0.25) is 4.79 Å². The standard InChI is InChI=1S/C16H24N2O2.ClH/c1-2-11-20-15-5-3-14(4-6-15)18-16(19)12-13-7-9-17-10-8-13;/h3-6,13,17H,2,7-12H2,1H3,(H,18,19);1H. The first-order valence-corrected chi connectivity index (χ1v) is 7.51. The third kappa shape index (κ3) is 6.36. The number of hydrogen-bond acceptors (Lipinski definition) is 3. The molecule has 1 fully saturated rings. The third-order valence-corrected chi connectivity index (χ3v) is 3.54. The minimum Gasteiger partial charge on any atom is -0.494 e. The van der Waals surface area contributed by atoms with E-state index in [1.54, 1.807) is 0 Å². The normalized spacial score (nSPS) is 15.1. The van der Waals surface area contributed by atoms with Crippen molar-refractivity contribution in [3.8, 4) is 5.75 Å². The smallest absolute Gasteiger partial charge is 0.224 e. The van der Waals surface area contributed by atoms with Gasteiger partial charge in [-0.15, -0.1) is 12.4 Å². The van der Waals surface area contributed by atoms with Gasteiger partial charge in [0.15, 0.2) is 0 Å². The minimum absolute atomic E-state index is 0. The van der Waals surface area contributed by atoms with Crippen molar-refractivity contribution >= 4 is 24.0 Å². The van der Waals surface area contributed by atoms with Crippen molar-refractivity contribution in [1.82, 2.24) is 5.32 Å². The minimum atomic E-state index is 0. The largest absolute Gasteiger partial charge is 0.494 e. The molecule has 1 amide bonds. The van der Waals surface area contributed by atoms with E-state index in [0.29, 0.717) is 12.3 Å². The summed E-state index contributed by atoms with van der Waals surface area (Å²) >= 11 is 0. The lowest BCUT2D eigenvalue weighted by atomic mass is 9.94. The molecule has 5 heteroatoms. The molecule has 0 unspecified atom stereocenters. The molecule has 0 saturated carbocycles. The predicted octanol–water partition coefficient (Wildman–Crippen LogP) is 3.23. The molecule has 118 valence electrons. The van der Waals surface area contributed by atoms with Crippen LogP contribution in [0.5, 0.6) is 5.75 Å². The average Bonchev–Trinajstić information content (AvgIpc) is 2.47. The van der Waals surface area contributed by atoms with Crippen molar-refractivity contribution in [2.24, 2.45) is 5.92 Å². The number of nitrogens with one attached hydrogen (secondary N) is 2. The maximum absolute atomic E-state index is 12.0. The summed E-state index contributed by atoms with van der Waals surface area (Å²) in [5, 5.41) is 6.27. The van der Waals surface area contributed by atoms with Crippen molar-refractivity contribution < 1.29 is 9.53 Å². The number of halogens is 1. The second-order valence-corrected chi connectivity index (χ2v) is 5.32. The van der Waals surface area contributed by atoms with E-state index in [2.05, 4.69) is 17.6 Å². The molecule has 2 N–H and O–H groups in total. The van der Waals surface area contributed by atoms with Crippen molar-refractivity contribution in [2.45, 2.75) is 32.6 Å². The number of amides is 1. The lowest BCUT2D eigenvalue weighted by molar-refractivity contribution is -0.117. The van der Waals surface area contributed by atoms with E-state index >= 15 is 0 Å². The van der Waals surface area contributed by atoms with Gasteiger partial charge in [0.1, 0.15) is 5.75 Å². The van der Waals surface area contributed by atoms with Crippen LogP contribution < -0.4 is 15.4 Å². The summed E-state index contributed by atoms with van der Waals surface area (Å²) in [5.41, 5.74) is 0.841. The number of carbonyl (C=O) groups is 1. The van der Waals surface area contributed by atoms with E-state index < -0.39 is 0 Å². The van der Waals surface area contributed by atoms with E-state index in [-0.39, 0.29) is 18.3 Å². The molecule has 0 atom stereocenters. The number of piperidine rings is 1. The molecule has 0 spiro atoms.